The maximum Gasteiger partial charge on any atom is 0.169 e. The molecule has 0 aliphatic heterocycles. The molecule has 0 radical (unpaired) electrons. The fourth-order valence-electron chi connectivity index (χ4n) is 1.78. The van der Waals surface area contributed by atoms with Gasteiger partial charge in [-0.25, -0.2) is 0 Å². The van der Waals surface area contributed by atoms with E-state index in [1.165, 1.54) is 0 Å². The summed E-state index contributed by atoms with van der Waals surface area (Å²) < 4.78 is 11.4. The average molecular weight is 272 g/mol. The molecule has 0 bridgehead atoms. The second-order valence-corrected chi connectivity index (χ2v) is 4.32. The minimum absolute atomic E-state index is 0.608. The van der Waals surface area contributed by atoms with Crippen LogP contribution in [0.15, 0.2) is 42.7 Å². The van der Waals surface area contributed by atoms with Crippen LogP contribution in [0.4, 0.5) is 5.69 Å². The van der Waals surface area contributed by atoms with Crippen molar-refractivity contribution >= 4 is 5.69 Å². The molecule has 0 spiro atoms. The van der Waals surface area contributed by atoms with E-state index < -0.39 is 0 Å². The lowest BCUT2D eigenvalue weighted by Gasteiger charge is -2.12. The molecule has 0 atom stereocenters. The summed E-state index contributed by atoms with van der Waals surface area (Å²) in [6.45, 7) is 5.60. The number of nitrogens with one attached hydrogen (secondary N) is 1. The van der Waals surface area contributed by atoms with Crippen LogP contribution in [0.5, 0.6) is 17.2 Å². The van der Waals surface area contributed by atoms with Crippen molar-refractivity contribution in [3.63, 3.8) is 0 Å². The molecule has 1 aromatic carbocycles. The zero-order valence-electron chi connectivity index (χ0n) is 11.9. The van der Waals surface area contributed by atoms with E-state index in [0.29, 0.717) is 18.1 Å². The molecule has 106 valence electrons. The molecule has 4 heteroatoms. The van der Waals surface area contributed by atoms with Crippen LogP contribution in [0.3, 0.4) is 0 Å². The highest BCUT2D eigenvalue weighted by Gasteiger charge is 2.05. The monoisotopic (exact) mass is 272 g/mol. The third-order valence-electron chi connectivity index (χ3n) is 2.67. The number of para-hydroxylation sites is 2. The summed E-state index contributed by atoms with van der Waals surface area (Å²) in [6.07, 6.45) is 4.55. The van der Waals surface area contributed by atoms with Gasteiger partial charge in [-0.1, -0.05) is 19.1 Å². The lowest BCUT2D eigenvalue weighted by Crippen LogP contribution is -2.00. The first kappa shape index (κ1) is 14.2. The summed E-state index contributed by atoms with van der Waals surface area (Å²) in [7, 11) is 0. The highest BCUT2D eigenvalue weighted by Crippen LogP contribution is 2.31. The molecule has 1 N–H and O–H groups in total. The van der Waals surface area contributed by atoms with E-state index in [2.05, 4.69) is 17.2 Å². The Labute approximate surface area is 119 Å². The molecular formula is C16H20N2O2. The van der Waals surface area contributed by atoms with Crippen LogP contribution in [-0.2, 0) is 0 Å². The largest absolute Gasteiger partial charge is 0.490 e. The van der Waals surface area contributed by atoms with Gasteiger partial charge in [0.25, 0.3) is 0 Å². The van der Waals surface area contributed by atoms with Gasteiger partial charge in [0.2, 0.25) is 0 Å². The van der Waals surface area contributed by atoms with E-state index in [9.17, 15) is 0 Å². The Morgan fingerprint density at radius 3 is 2.65 bits per heavy atom. The van der Waals surface area contributed by atoms with Gasteiger partial charge in [0.15, 0.2) is 11.5 Å². The number of hydrogen-bond donors (Lipinski definition) is 1. The Hall–Kier alpha value is -2.23. The third-order valence-corrected chi connectivity index (χ3v) is 2.67. The van der Waals surface area contributed by atoms with Crippen LogP contribution < -0.4 is 14.8 Å². The molecule has 4 nitrogen and oxygen atoms in total. The summed E-state index contributed by atoms with van der Waals surface area (Å²) in [5.74, 6) is 2.13. The number of rotatable bonds is 7. The first-order valence-corrected chi connectivity index (χ1v) is 6.92. The molecule has 0 aliphatic carbocycles. The quantitative estimate of drug-likeness (QED) is 0.824. The van der Waals surface area contributed by atoms with Gasteiger partial charge in [0, 0.05) is 12.6 Å². The summed E-state index contributed by atoms with van der Waals surface area (Å²) in [5.41, 5.74) is 0.957. The molecule has 0 saturated heterocycles. The number of aromatic nitrogens is 1. The zero-order chi connectivity index (χ0) is 14.2. The zero-order valence-corrected chi connectivity index (χ0v) is 11.9. The van der Waals surface area contributed by atoms with E-state index >= 15 is 0 Å². The van der Waals surface area contributed by atoms with E-state index in [-0.39, 0.29) is 0 Å². The Bertz CT molecular complexity index is 544. The van der Waals surface area contributed by atoms with E-state index in [1.54, 1.807) is 12.4 Å². The fourth-order valence-corrected chi connectivity index (χ4v) is 1.78. The third kappa shape index (κ3) is 3.88. The maximum atomic E-state index is 5.86. The lowest BCUT2D eigenvalue weighted by atomic mass is 10.3. The van der Waals surface area contributed by atoms with Gasteiger partial charge in [-0.15, -0.1) is 0 Å². The number of ether oxygens (including phenoxy) is 2. The molecular weight excluding hydrogens is 252 g/mol. The van der Waals surface area contributed by atoms with Crippen molar-refractivity contribution in [3.8, 4) is 17.2 Å². The Morgan fingerprint density at radius 2 is 1.90 bits per heavy atom. The smallest absolute Gasteiger partial charge is 0.169 e. The van der Waals surface area contributed by atoms with Gasteiger partial charge < -0.3 is 14.8 Å². The van der Waals surface area contributed by atoms with Gasteiger partial charge in [0.05, 0.1) is 24.7 Å². The molecule has 0 unspecified atom stereocenters. The van der Waals surface area contributed by atoms with Crippen molar-refractivity contribution in [1.29, 1.82) is 0 Å². The topological polar surface area (TPSA) is 43.4 Å². The van der Waals surface area contributed by atoms with Gasteiger partial charge in [0.1, 0.15) is 5.75 Å². The summed E-state index contributed by atoms with van der Waals surface area (Å²) >= 11 is 0. The maximum absolute atomic E-state index is 5.86. The van der Waals surface area contributed by atoms with Crippen molar-refractivity contribution < 1.29 is 9.47 Å². The van der Waals surface area contributed by atoms with Crippen LogP contribution in [0, 0.1) is 0 Å². The van der Waals surface area contributed by atoms with Crippen LogP contribution in [0.25, 0.3) is 0 Å². The van der Waals surface area contributed by atoms with Gasteiger partial charge >= 0.3 is 0 Å². The van der Waals surface area contributed by atoms with Crippen LogP contribution in [0.2, 0.25) is 0 Å². The second kappa shape index (κ2) is 7.38. The molecule has 0 aliphatic rings. The molecule has 20 heavy (non-hydrogen) atoms. The number of anilines is 1. The van der Waals surface area contributed by atoms with E-state index in [4.69, 9.17) is 9.47 Å². The number of hydrogen-bond acceptors (Lipinski definition) is 4. The van der Waals surface area contributed by atoms with E-state index in [1.807, 2.05) is 37.3 Å². The van der Waals surface area contributed by atoms with Crippen molar-refractivity contribution in [2.24, 2.45) is 0 Å². The summed E-state index contributed by atoms with van der Waals surface area (Å²) in [6, 6.07) is 9.56. The average Bonchev–Trinajstić information content (AvgIpc) is 2.48. The fraction of sp³-hybridized carbons (Fsp3) is 0.312. The van der Waals surface area contributed by atoms with Crippen LogP contribution >= 0.6 is 0 Å². The first-order chi connectivity index (χ1) is 9.83. The van der Waals surface area contributed by atoms with Gasteiger partial charge in [-0.05, 0) is 25.5 Å². The van der Waals surface area contributed by atoms with Crippen molar-refractivity contribution in [2.45, 2.75) is 20.3 Å². The summed E-state index contributed by atoms with van der Waals surface area (Å²) in [4.78, 5) is 4.18. The van der Waals surface area contributed by atoms with Crippen LogP contribution in [-0.4, -0.2) is 18.1 Å². The Kier molecular flexibility index (Phi) is 5.24. The molecule has 1 aromatic heterocycles. The van der Waals surface area contributed by atoms with E-state index in [0.717, 1.165) is 24.4 Å². The molecule has 2 rings (SSSR count). The highest BCUT2D eigenvalue weighted by molar-refractivity contribution is 5.48. The summed E-state index contributed by atoms with van der Waals surface area (Å²) in [5, 5.41) is 3.29. The standard InChI is InChI=1S/C16H20N2O2/c1-3-9-18-13-10-14(12-17-11-13)20-16-8-6-5-7-15(16)19-4-2/h5-8,10-12,18H,3-4,9H2,1-2H3. The Balaban J connectivity index is 2.13. The SMILES string of the molecule is CCCNc1cncc(Oc2ccccc2OCC)c1. The minimum Gasteiger partial charge on any atom is -0.490 e. The molecule has 2 aromatic rings. The molecule has 0 amide bonds. The van der Waals surface area contributed by atoms with Crippen molar-refractivity contribution in [3.05, 3.63) is 42.7 Å². The normalized spacial score (nSPS) is 10.1. The predicted octanol–water partition coefficient (Wildman–Crippen LogP) is 4.09. The molecule has 0 saturated carbocycles. The first-order valence-electron chi connectivity index (χ1n) is 6.92. The lowest BCUT2D eigenvalue weighted by molar-refractivity contribution is 0.321. The number of benzene rings is 1. The molecule has 1 heterocycles. The molecule has 0 fully saturated rings. The highest BCUT2D eigenvalue weighted by atomic mass is 16.5. The minimum atomic E-state index is 0.608. The number of pyridine rings is 1. The Morgan fingerprint density at radius 1 is 1.10 bits per heavy atom. The van der Waals surface area contributed by atoms with Crippen molar-refractivity contribution in [2.75, 3.05) is 18.5 Å². The van der Waals surface area contributed by atoms with Gasteiger partial charge in [-0.3, -0.25) is 4.98 Å². The van der Waals surface area contributed by atoms with Crippen molar-refractivity contribution in [1.82, 2.24) is 4.98 Å². The predicted molar refractivity (Wildman–Crippen MR) is 80.7 cm³/mol. The van der Waals surface area contributed by atoms with Gasteiger partial charge in [-0.2, -0.15) is 0 Å². The second-order valence-electron chi connectivity index (χ2n) is 4.32. The van der Waals surface area contributed by atoms with Crippen LogP contribution in [0.1, 0.15) is 20.3 Å². The number of nitrogens with zero attached hydrogens (tertiary/aromatic N) is 1.